The number of aromatic nitrogens is 1. The van der Waals surface area contributed by atoms with Crippen molar-refractivity contribution >= 4 is 11.6 Å². The van der Waals surface area contributed by atoms with Crippen LogP contribution in [-0.4, -0.2) is 60.1 Å². The summed E-state index contributed by atoms with van der Waals surface area (Å²) in [4.78, 5) is 21.6. The van der Waals surface area contributed by atoms with E-state index in [1.54, 1.807) is 0 Å². The van der Waals surface area contributed by atoms with Crippen LogP contribution in [0.15, 0.2) is 59.2 Å². The van der Waals surface area contributed by atoms with Crippen LogP contribution in [-0.2, 0) is 17.8 Å². The van der Waals surface area contributed by atoms with Crippen LogP contribution in [0.3, 0.4) is 0 Å². The molecule has 0 spiro atoms. The number of rotatable bonds is 9. The quantitative estimate of drug-likeness (QED) is 0.534. The van der Waals surface area contributed by atoms with Crippen LogP contribution in [0.4, 0.5) is 10.1 Å². The van der Waals surface area contributed by atoms with Crippen molar-refractivity contribution in [1.82, 2.24) is 14.8 Å². The van der Waals surface area contributed by atoms with Gasteiger partial charge in [0.15, 0.2) is 5.69 Å². The van der Waals surface area contributed by atoms with E-state index in [1.807, 2.05) is 0 Å². The fourth-order valence-electron chi connectivity index (χ4n) is 3.80. The van der Waals surface area contributed by atoms with Crippen LogP contribution in [0.25, 0.3) is 0 Å². The Hall–Kier alpha value is -3.07. The molecule has 1 aliphatic rings. The zero-order valence-corrected chi connectivity index (χ0v) is 18.8. The van der Waals surface area contributed by atoms with Crippen molar-refractivity contribution in [2.45, 2.75) is 20.0 Å². The first-order valence-corrected chi connectivity index (χ1v) is 11.1. The van der Waals surface area contributed by atoms with Crippen molar-refractivity contribution in [2.24, 2.45) is 0 Å². The van der Waals surface area contributed by atoms with E-state index < -0.39 is 5.91 Å². The summed E-state index contributed by atoms with van der Waals surface area (Å²) in [7, 11) is 0. The number of nitrogens with one attached hydrogen (secondary N) is 1. The number of amides is 1. The lowest BCUT2D eigenvalue weighted by Gasteiger charge is -2.29. The molecule has 0 atom stereocenters. The molecule has 33 heavy (non-hydrogen) atoms. The highest BCUT2D eigenvalue weighted by Gasteiger charge is 2.17. The van der Waals surface area contributed by atoms with Gasteiger partial charge in [-0.3, -0.25) is 14.6 Å². The Bertz CT molecular complexity index is 1050. The van der Waals surface area contributed by atoms with Gasteiger partial charge in [0, 0.05) is 38.4 Å². The first kappa shape index (κ1) is 23.1. The summed E-state index contributed by atoms with van der Waals surface area (Å²) in [6.45, 7) is 8.50. The predicted octanol–water partition coefficient (Wildman–Crippen LogP) is 3.71. The molecule has 2 heterocycles. The second-order valence-corrected chi connectivity index (χ2v) is 8.24. The van der Waals surface area contributed by atoms with Gasteiger partial charge in [-0.2, -0.15) is 0 Å². The van der Waals surface area contributed by atoms with Crippen molar-refractivity contribution in [3.63, 3.8) is 0 Å². The van der Waals surface area contributed by atoms with Gasteiger partial charge in [0.1, 0.15) is 12.1 Å². The van der Waals surface area contributed by atoms with E-state index in [4.69, 9.17) is 9.15 Å². The van der Waals surface area contributed by atoms with Gasteiger partial charge >= 0.3 is 0 Å². The normalized spacial score (nSPS) is 14.5. The number of oxazole rings is 1. The molecular weight excluding hydrogens is 423 g/mol. The van der Waals surface area contributed by atoms with Crippen LogP contribution >= 0.6 is 0 Å². The third-order valence-corrected chi connectivity index (χ3v) is 5.57. The molecule has 2 aromatic carbocycles. The number of aryl methyl sites for hydroxylation is 1. The zero-order chi connectivity index (χ0) is 23.0. The summed E-state index contributed by atoms with van der Waals surface area (Å²) < 4.78 is 24.1. The smallest absolute Gasteiger partial charge is 0.277 e. The number of hydrogen-bond donors (Lipinski definition) is 1. The highest BCUT2D eigenvalue weighted by molar-refractivity contribution is 6.02. The maximum Gasteiger partial charge on any atom is 0.277 e. The molecule has 1 N–H and O–H groups in total. The Kier molecular flexibility index (Phi) is 7.83. The van der Waals surface area contributed by atoms with Crippen LogP contribution in [0.5, 0.6) is 0 Å². The molecule has 0 unspecified atom stereocenters. The topological polar surface area (TPSA) is 70.8 Å². The summed E-state index contributed by atoms with van der Waals surface area (Å²) in [6.07, 6.45) is 1.36. The lowest BCUT2D eigenvalue weighted by Crippen LogP contribution is -2.41. The van der Waals surface area contributed by atoms with E-state index >= 15 is 0 Å². The Morgan fingerprint density at radius 1 is 1.15 bits per heavy atom. The number of hydrogen-bond acceptors (Lipinski definition) is 6. The maximum atomic E-state index is 13.1. The van der Waals surface area contributed by atoms with Crippen molar-refractivity contribution in [1.29, 1.82) is 0 Å². The molecule has 1 fully saturated rings. The lowest BCUT2D eigenvalue weighted by molar-refractivity contribution is 0.0320. The third kappa shape index (κ3) is 6.95. The van der Waals surface area contributed by atoms with E-state index in [0.29, 0.717) is 18.1 Å². The summed E-state index contributed by atoms with van der Waals surface area (Å²) in [5, 5.41) is 2.71. The van der Waals surface area contributed by atoms with Crippen molar-refractivity contribution < 1.29 is 18.3 Å². The number of nitrogens with zero attached hydrogens (tertiary/aromatic N) is 3. The maximum absolute atomic E-state index is 13.1. The Labute approximate surface area is 193 Å². The van der Waals surface area contributed by atoms with Crippen molar-refractivity contribution in [2.75, 3.05) is 44.7 Å². The summed E-state index contributed by atoms with van der Waals surface area (Å²) in [5.74, 6) is -0.272. The number of ether oxygens (including phenoxy) is 1. The van der Waals surface area contributed by atoms with Gasteiger partial charge in [0.25, 0.3) is 5.91 Å². The molecule has 7 nitrogen and oxygen atoms in total. The Balaban J connectivity index is 1.40. The monoisotopic (exact) mass is 452 g/mol. The van der Waals surface area contributed by atoms with Gasteiger partial charge in [0.05, 0.1) is 19.8 Å². The van der Waals surface area contributed by atoms with Crippen LogP contribution in [0.2, 0.25) is 0 Å². The Morgan fingerprint density at radius 3 is 2.70 bits per heavy atom. The molecule has 1 aliphatic heterocycles. The van der Waals surface area contributed by atoms with E-state index in [9.17, 15) is 9.18 Å². The fourth-order valence-corrected chi connectivity index (χ4v) is 3.80. The van der Waals surface area contributed by atoms with Gasteiger partial charge in [-0.25, -0.2) is 9.37 Å². The molecule has 0 saturated carbocycles. The molecule has 0 aliphatic carbocycles. The lowest BCUT2D eigenvalue weighted by atomic mass is 10.1. The summed E-state index contributed by atoms with van der Waals surface area (Å²) >= 11 is 0. The van der Waals surface area contributed by atoms with Gasteiger partial charge in [-0.15, -0.1) is 0 Å². The molecule has 3 aromatic rings. The van der Waals surface area contributed by atoms with Crippen LogP contribution < -0.4 is 5.32 Å². The number of halogens is 1. The average Bonchev–Trinajstić information content (AvgIpc) is 3.28. The number of carbonyl (C=O) groups is 1. The number of anilines is 1. The number of carbonyl (C=O) groups excluding carboxylic acids is 1. The number of morpholine rings is 1. The van der Waals surface area contributed by atoms with E-state index in [2.05, 4.69) is 51.3 Å². The van der Waals surface area contributed by atoms with E-state index in [1.165, 1.54) is 41.7 Å². The molecule has 8 heteroatoms. The molecule has 4 rings (SSSR count). The molecule has 0 bridgehead atoms. The van der Waals surface area contributed by atoms with Gasteiger partial charge in [0.2, 0.25) is 5.89 Å². The zero-order valence-electron chi connectivity index (χ0n) is 18.8. The SMILES string of the molecule is Cc1cccc(CN(CCN2CCOCC2)Cc2nc(C(=O)Nc3ccc(F)cc3)co2)c1. The van der Waals surface area contributed by atoms with Crippen LogP contribution in [0, 0.1) is 12.7 Å². The minimum Gasteiger partial charge on any atom is -0.447 e. The van der Waals surface area contributed by atoms with E-state index in [-0.39, 0.29) is 11.5 Å². The minimum atomic E-state index is -0.393. The van der Waals surface area contributed by atoms with Gasteiger partial charge in [-0.1, -0.05) is 29.8 Å². The highest BCUT2D eigenvalue weighted by Crippen LogP contribution is 2.14. The molecule has 1 saturated heterocycles. The van der Waals surface area contributed by atoms with Gasteiger partial charge < -0.3 is 14.5 Å². The predicted molar refractivity (Wildman–Crippen MR) is 123 cm³/mol. The van der Waals surface area contributed by atoms with E-state index in [0.717, 1.165) is 45.9 Å². The fraction of sp³-hybridized carbons (Fsp3) is 0.360. The molecule has 174 valence electrons. The molecule has 1 amide bonds. The molecular formula is C25H29FN4O3. The minimum absolute atomic E-state index is 0.193. The first-order chi connectivity index (χ1) is 16.0. The third-order valence-electron chi connectivity index (χ3n) is 5.57. The molecule has 1 aromatic heterocycles. The summed E-state index contributed by atoms with van der Waals surface area (Å²) in [5.41, 5.74) is 3.13. The standard InChI is InChI=1S/C25H29FN4O3/c1-19-3-2-4-20(15-19)16-30(10-9-29-11-13-32-14-12-29)17-24-28-23(18-33-24)25(31)27-22-7-5-21(26)6-8-22/h2-8,15,18H,9-14,16-17H2,1H3,(H,27,31). The van der Waals surface area contributed by atoms with Gasteiger partial charge in [-0.05, 0) is 36.8 Å². The molecule has 0 radical (unpaired) electrons. The highest BCUT2D eigenvalue weighted by atomic mass is 19.1. The summed E-state index contributed by atoms with van der Waals surface area (Å²) in [6, 6.07) is 14.0. The second-order valence-electron chi connectivity index (χ2n) is 8.24. The first-order valence-electron chi connectivity index (χ1n) is 11.1. The average molecular weight is 453 g/mol. The second kappa shape index (κ2) is 11.2. The van der Waals surface area contributed by atoms with Crippen LogP contribution in [0.1, 0.15) is 27.5 Å². The van der Waals surface area contributed by atoms with Crippen molar-refractivity contribution in [3.05, 3.63) is 83.3 Å². The number of benzene rings is 2. The van der Waals surface area contributed by atoms with Crippen molar-refractivity contribution in [3.8, 4) is 0 Å². The Morgan fingerprint density at radius 2 is 1.94 bits per heavy atom. The largest absolute Gasteiger partial charge is 0.447 e.